The molecule has 3 unspecified atom stereocenters. The van der Waals surface area contributed by atoms with Crippen LogP contribution in [-0.4, -0.2) is 31.1 Å². The van der Waals surface area contributed by atoms with E-state index in [1.54, 1.807) is 6.07 Å². The van der Waals surface area contributed by atoms with E-state index in [1.165, 1.54) is 6.07 Å². The molecule has 1 aromatic rings. The molecule has 1 amide bonds. The second-order valence-corrected chi connectivity index (χ2v) is 6.64. The molecular formula is C18H28FN3O. The lowest BCUT2D eigenvalue weighted by molar-refractivity contribution is -0.124. The number of carbonyl (C=O) groups is 1. The van der Waals surface area contributed by atoms with E-state index in [4.69, 9.17) is 5.73 Å². The van der Waals surface area contributed by atoms with Gasteiger partial charge in [-0.2, -0.15) is 0 Å². The van der Waals surface area contributed by atoms with Gasteiger partial charge in [-0.15, -0.1) is 0 Å². The normalized spacial score (nSPS) is 20.9. The zero-order valence-electron chi connectivity index (χ0n) is 14.3. The summed E-state index contributed by atoms with van der Waals surface area (Å²) in [6.07, 6.45) is 2.84. The highest BCUT2D eigenvalue weighted by molar-refractivity contribution is 5.82. The molecule has 128 valence electrons. The summed E-state index contributed by atoms with van der Waals surface area (Å²) < 4.78 is 13.3. The Kier molecular flexibility index (Phi) is 5.99. The lowest BCUT2D eigenvalue weighted by atomic mass is 9.98. The van der Waals surface area contributed by atoms with Crippen molar-refractivity contribution in [3.05, 3.63) is 29.6 Å². The van der Waals surface area contributed by atoms with Gasteiger partial charge in [-0.3, -0.25) is 4.79 Å². The molecule has 0 aliphatic carbocycles. The fourth-order valence-corrected chi connectivity index (χ4v) is 3.10. The monoisotopic (exact) mass is 321 g/mol. The fourth-order valence-electron chi connectivity index (χ4n) is 3.10. The van der Waals surface area contributed by atoms with Gasteiger partial charge in [0, 0.05) is 24.8 Å². The van der Waals surface area contributed by atoms with Crippen LogP contribution in [0.4, 0.5) is 10.1 Å². The number of benzene rings is 1. The minimum absolute atomic E-state index is 0.0676. The van der Waals surface area contributed by atoms with Gasteiger partial charge in [0.2, 0.25) is 5.91 Å². The Hall–Kier alpha value is -1.62. The lowest BCUT2D eigenvalue weighted by Crippen LogP contribution is -2.53. The van der Waals surface area contributed by atoms with Crippen LogP contribution in [0.25, 0.3) is 0 Å². The highest BCUT2D eigenvalue weighted by Crippen LogP contribution is 2.24. The maximum atomic E-state index is 13.3. The topological polar surface area (TPSA) is 58.4 Å². The number of rotatable bonds is 5. The van der Waals surface area contributed by atoms with Crippen LogP contribution in [0.3, 0.4) is 0 Å². The Balaban J connectivity index is 1.99. The van der Waals surface area contributed by atoms with Crippen molar-refractivity contribution in [1.29, 1.82) is 0 Å². The summed E-state index contributed by atoms with van der Waals surface area (Å²) in [7, 11) is 0. The third kappa shape index (κ3) is 4.44. The molecule has 3 N–H and O–H groups in total. The molecule has 0 bridgehead atoms. The quantitative estimate of drug-likeness (QED) is 0.876. The molecule has 0 saturated carbocycles. The number of anilines is 1. The van der Waals surface area contributed by atoms with E-state index in [-0.39, 0.29) is 23.7 Å². The summed E-state index contributed by atoms with van der Waals surface area (Å²) in [5.74, 6) is -0.108. The van der Waals surface area contributed by atoms with Crippen LogP contribution in [0.1, 0.15) is 38.7 Å². The van der Waals surface area contributed by atoms with Gasteiger partial charge in [0.15, 0.2) is 0 Å². The first kappa shape index (κ1) is 17.7. The molecular weight excluding hydrogens is 293 g/mol. The zero-order chi connectivity index (χ0) is 17.0. The number of halogens is 1. The van der Waals surface area contributed by atoms with Gasteiger partial charge in [-0.05, 0) is 49.4 Å². The molecule has 0 spiro atoms. The average Bonchev–Trinajstić information content (AvgIpc) is 2.53. The Morgan fingerprint density at radius 2 is 2.26 bits per heavy atom. The molecule has 1 heterocycles. The first-order valence-electron chi connectivity index (χ1n) is 8.49. The van der Waals surface area contributed by atoms with Gasteiger partial charge in [-0.1, -0.05) is 20.3 Å². The van der Waals surface area contributed by atoms with Crippen molar-refractivity contribution in [1.82, 2.24) is 5.32 Å². The highest BCUT2D eigenvalue weighted by atomic mass is 19.1. The molecule has 1 aliphatic heterocycles. The number of hydrogen-bond acceptors (Lipinski definition) is 3. The van der Waals surface area contributed by atoms with Crippen LogP contribution in [0, 0.1) is 18.7 Å². The van der Waals surface area contributed by atoms with E-state index < -0.39 is 6.04 Å². The minimum Gasteiger partial charge on any atom is -0.369 e. The van der Waals surface area contributed by atoms with E-state index in [2.05, 4.69) is 10.2 Å². The van der Waals surface area contributed by atoms with Crippen molar-refractivity contribution < 1.29 is 9.18 Å². The number of amides is 1. The minimum atomic E-state index is -0.456. The van der Waals surface area contributed by atoms with Gasteiger partial charge >= 0.3 is 0 Å². The number of nitrogens with zero attached hydrogens (tertiary/aromatic N) is 1. The van der Waals surface area contributed by atoms with Crippen LogP contribution < -0.4 is 16.0 Å². The molecule has 1 aromatic carbocycles. The number of hydrogen-bond donors (Lipinski definition) is 2. The van der Waals surface area contributed by atoms with Gasteiger partial charge < -0.3 is 16.0 Å². The molecule has 5 heteroatoms. The molecule has 0 aromatic heterocycles. The summed E-state index contributed by atoms with van der Waals surface area (Å²) in [5.41, 5.74) is 7.97. The SMILES string of the molecule is CCC(C)C(N)C(=O)NC1CCCN(c2ccc(F)cc2C)C1. The molecule has 1 saturated heterocycles. The average molecular weight is 321 g/mol. The van der Waals surface area contributed by atoms with Crippen LogP contribution in [0.5, 0.6) is 0 Å². The van der Waals surface area contributed by atoms with Crippen LogP contribution >= 0.6 is 0 Å². The van der Waals surface area contributed by atoms with E-state index in [9.17, 15) is 9.18 Å². The van der Waals surface area contributed by atoms with Gasteiger partial charge in [0.1, 0.15) is 5.82 Å². The van der Waals surface area contributed by atoms with E-state index in [0.717, 1.165) is 43.6 Å². The first-order valence-corrected chi connectivity index (χ1v) is 8.49. The molecule has 1 fully saturated rings. The van der Waals surface area contributed by atoms with Crippen LogP contribution in [-0.2, 0) is 4.79 Å². The second-order valence-electron chi connectivity index (χ2n) is 6.64. The molecule has 0 radical (unpaired) electrons. The third-order valence-electron chi connectivity index (χ3n) is 4.83. The Bertz CT molecular complexity index is 549. The largest absolute Gasteiger partial charge is 0.369 e. The molecule has 4 nitrogen and oxygen atoms in total. The number of carbonyl (C=O) groups excluding carboxylic acids is 1. The van der Waals surface area contributed by atoms with Crippen LogP contribution in [0.15, 0.2) is 18.2 Å². The van der Waals surface area contributed by atoms with Crippen LogP contribution in [0.2, 0.25) is 0 Å². The Morgan fingerprint density at radius 1 is 1.52 bits per heavy atom. The molecule has 1 aliphatic rings. The predicted octanol–water partition coefficient (Wildman–Crippen LogP) is 2.59. The smallest absolute Gasteiger partial charge is 0.237 e. The molecule has 2 rings (SSSR count). The lowest BCUT2D eigenvalue weighted by Gasteiger charge is -2.36. The van der Waals surface area contributed by atoms with Gasteiger partial charge in [-0.25, -0.2) is 4.39 Å². The summed E-state index contributed by atoms with van der Waals surface area (Å²) in [6.45, 7) is 7.62. The predicted molar refractivity (Wildman–Crippen MR) is 91.9 cm³/mol. The maximum Gasteiger partial charge on any atom is 0.237 e. The summed E-state index contributed by atoms with van der Waals surface area (Å²) >= 11 is 0. The van der Waals surface area contributed by atoms with Crippen molar-refractivity contribution in [3.8, 4) is 0 Å². The number of nitrogens with two attached hydrogens (primary N) is 1. The van der Waals surface area contributed by atoms with Gasteiger partial charge in [0.25, 0.3) is 0 Å². The standard InChI is InChI=1S/C18H28FN3O/c1-4-12(2)17(20)18(23)21-15-6-5-9-22(11-15)16-8-7-14(19)10-13(16)3/h7-8,10,12,15,17H,4-6,9,11,20H2,1-3H3,(H,21,23). The van der Waals surface area contributed by atoms with Crippen molar-refractivity contribution in [2.45, 2.75) is 52.1 Å². The van der Waals surface area contributed by atoms with E-state index >= 15 is 0 Å². The third-order valence-corrected chi connectivity index (χ3v) is 4.83. The zero-order valence-corrected chi connectivity index (χ0v) is 14.3. The number of nitrogens with one attached hydrogen (secondary N) is 1. The Morgan fingerprint density at radius 3 is 2.91 bits per heavy atom. The number of piperidine rings is 1. The highest BCUT2D eigenvalue weighted by Gasteiger charge is 2.26. The summed E-state index contributed by atoms with van der Waals surface area (Å²) in [5, 5.41) is 3.08. The second kappa shape index (κ2) is 7.77. The molecule has 23 heavy (non-hydrogen) atoms. The summed E-state index contributed by atoms with van der Waals surface area (Å²) in [4.78, 5) is 14.5. The van der Waals surface area contributed by atoms with Crippen molar-refractivity contribution in [3.63, 3.8) is 0 Å². The summed E-state index contributed by atoms with van der Waals surface area (Å²) in [6, 6.07) is 4.50. The van der Waals surface area contributed by atoms with Crippen molar-refractivity contribution in [2.75, 3.05) is 18.0 Å². The van der Waals surface area contributed by atoms with Crippen molar-refractivity contribution >= 4 is 11.6 Å². The molecule has 3 atom stereocenters. The maximum absolute atomic E-state index is 13.3. The first-order chi connectivity index (χ1) is 10.9. The number of aryl methyl sites for hydroxylation is 1. The van der Waals surface area contributed by atoms with E-state index in [1.807, 2.05) is 26.8 Å². The van der Waals surface area contributed by atoms with Crippen molar-refractivity contribution in [2.24, 2.45) is 11.7 Å². The van der Waals surface area contributed by atoms with Gasteiger partial charge in [0.05, 0.1) is 6.04 Å². The fraction of sp³-hybridized carbons (Fsp3) is 0.611. The Labute approximate surface area is 138 Å². The van der Waals surface area contributed by atoms with E-state index in [0.29, 0.717) is 0 Å².